The molecule has 0 fully saturated rings. The van der Waals surface area contributed by atoms with Crippen molar-refractivity contribution in [2.75, 3.05) is 20.8 Å². The first-order valence-corrected chi connectivity index (χ1v) is 16.1. The Balaban J connectivity index is 1.50. The zero-order valence-corrected chi connectivity index (χ0v) is 28.1. The molecular weight excluding hydrogens is 707 g/mol. The number of allylic oxidation sites excluding steroid dienone is 1. The van der Waals surface area contributed by atoms with Crippen molar-refractivity contribution in [3.8, 4) is 11.5 Å². The number of carbonyl (C=O) groups is 2. The number of hydrogen-bond acceptors (Lipinski definition) is 9. The summed E-state index contributed by atoms with van der Waals surface area (Å²) in [6.45, 7) is 4.27. The lowest BCUT2D eigenvalue weighted by molar-refractivity contribution is -0.136. The van der Waals surface area contributed by atoms with Gasteiger partial charge in [0.15, 0.2) is 16.3 Å². The van der Waals surface area contributed by atoms with Gasteiger partial charge in [0.25, 0.3) is 5.56 Å². The first-order chi connectivity index (χ1) is 21.8. The van der Waals surface area contributed by atoms with Gasteiger partial charge in [-0.3, -0.25) is 9.36 Å². The highest BCUT2D eigenvalue weighted by atomic mass is 127. The minimum Gasteiger partial charge on any atom is -0.493 e. The largest absolute Gasteiger partial charge is 0.493 e. The van der Waals surface area contributed by atoms with Crippen LogP contribution in [0.3, 0.4) is 0 Å². The predicted molar refractivity (Wildman–Crippen MR) is 179 cm³/mol. The summed E-state index contributed by atoms with van der Waals surface area (Å²) < 4.78 is 24.8. The molecular formula is C34H31IN2O7S. The van der Waals surface area contributed by atoms with Gasteiger partial charge in [-0.05, 0) is 83.0 Å². The number of halogens is 1. The molecule has 0 aliphatic carbocycles. The van der Waals surface area contributed by atoms with E-state index in [2.05, 4.69) is 22.6 Å². The van der Waals surface area contributed by atoms with Crippen LogP contribution >= 0.6 is 33.9 Å². The number of nitrogens with zero attached hydrogens (tertiary/aromatic N) is 2. The molecule has 45 heavy (non-hydrogen) atoms. The minimum atomic E-state index is -0.663. The molecule has 0 spiro atoms. The first kappa shape index (κ1) is 32.2. The number of ether oxygens (including phenoxy) is 4. The summed E-state index contributed by atoms with van der Waals surface area (Å²) in [4.78, 5) is 44.1. The number of thiazole rings is 1. The number of fused-ring (bicyclic) bond motifs is 1. The topological polar surface area (TPSA) is 105 Å². The molecule has 5 rings (SSSR count). The van der Waals surface area contributed by atoms with Crippen molar-refractivity contribution in [2.24, 2.45) is 4.99 Å². The Morgan fingerprint density at radius 3 is 2.40 bits per heavy atom. The van der Waals surface area contributed by atoms with E-state index in [0.29, 0.717) is 50.7 Å². The highest BCUT2D eigenvalue weighted by molar-refractivity contribution is 14.1. The van der Waals surface area contributed by atoms with E-state index < -0.39 is 12.0 Å². The standard InChI is InChI=1S/C34H31IN2O7S/c1-5-25-28(33(40)42-4)29(22-10-8-7-9-11-22)37-31(38)27(45-34(37)36-25)18-21-16-24(35)30(26(17-21)41-3)44-19-20-12-14-23(15-13-20)32(39)43-6-2/h7-18,29H,5-6,19H2,1-4H3/b27-18+/t29-/m1/s1. The van der Waals surface area contributed by atoms with E-state index in [-0.39, 0.29) is 18.1 Å². The normalized spacial score (nSPS) is 14.4. The fourth-order valence-electron chi connectivity index (χ4n) is 5.04. The van der Waals surface area contributed by atoms with Crippen LogP contribution in [0, 0.1) is 3.57 Å². The van der Waals surface area contributed by atoms with Crippen molar-refractivity contribution in [1.29, 1.82) is 0 Å². The summed E-state index contributed by atoms with van der Waals surface area (Å²) in [5.74, 6) is 0.191. The quantitative estimate of drug-likeness (QED) is 0.164. The first-order valence-electron chi connectivity index (χ1n) is 14.2. The van der Waals surface area contributed by atoms with Crippen LogP contribution in [0.25, 0.3) is 6.08 Å². The number of methoxy groups -OCH3 is 2. The summed E-state index contributed by atoms with van der Waals surface area (Å²) >= 11 is 3.45. The number of rotatable bonds is 10. The summed E-state index contributed by atoms with van der Waals surface area (Å²) in [6, 6.07) is 19.5. The predicted octanol–water partition coefficient (Wildman–Crippen LogP) is 5.17. The maximum atomic E-state index is 13.9. The molecule has 0 radical (unpaired) electrons. The van der Waals surface area contributed by atoms with Crippen LogP contribution in [0.1, 0.15) is 53.4 Å². The fourth-order valence-corrected chi connectivity index (χ4v) is 6.84. The lowest BCUT2D eigenvalue weighted by Crippen LogP contribution is -2.40. The van der Waals surface area contributed by atoms with Crippen molar-refractivity contribution in [3.63, 3.8) is 0 Å². The molecule has 0 saturated heterocycles. The average molecular weight is 739 g/mol. The van der Waals surface area contributed by atoms with Gasteiger partial charge in [-0.15, -0.1) is 0 Å². The molecule has 9 nitrogen and oxygen atoms in total. The van der Waals surface area contributed by atoms with Crippen LogP contribution < -0.4 is 24.4 Å². The number of benzene rings is 3. The Morgan fingerprint density at radius 2 is 1.76 bits per heavy atom. The molecule has 0 saturated carbocycles. The Hall–Kier alpha value is -4.23. The smallest absolute Gasteiger partial charge is 0.338 e. The van der Waals surface area contributed by atoms with Gasteiger partial charge in [0, 0.05) is 0 Å². The Labute approximate surface area is 277 Å². The van der Waals surface area contributed by atoms with Crippen LogP contribution in [0.4, 0.5) is 0 Å². The van der Waals surface area contributed by atoms with Crippen LogP contribution in [0.2, 0.25) is 0 Å². The molecule has 1 aliphatic heterocycles. The SMILES string of the molecule is CCOC(=O)c1ccc(COc2c(I)cc(/C=c3/sc4n(c3=O)[C@H](c3ccccc3)C(C(=O)OC)=C(CC)N=4)cc2OC)cc1. The van der Waals surface area contributed by atoms with Crippen molar-refractivity contribution in [2.45, 2.75) is 32.9 Å². The Kier molecular flexibility index (Phi) is 10.2. The fraction of sp³-hybridized carbons (Fsp3) is 0.235. The molecule has 232 valence electrons. The van der Waals surface area contributed by atoms with Crippen molar-refractivity contribution in [1.82, 2.24) is 4.57 Å². The summed E-state index contributed by atoms with van der Waals surface area (Å²) in [5, 5.41) is 0. The maximum Gasteiger partial charge on any atom is 0.338 e. The maximum absolute atomic E-state index is 13.9. The second-order valence-electron chi connectivity index (χ2n) is 9.94. The van der Waals surface area contributed by atoms with Crippen LogP contribution in [0.5, 0.6) is 11.5 Å². The molecule has 0 N–H and O–H groups in total. The number of hydrogen-bond donors (Lipinski definition) is 0. The second kappa shape index (κ2) is 14.2. The van der Waals surface area contributed by atoms with Gasteiger partial charge in [0.2, 0.25) is 0 Å². The van der Waals surface area contributed by atoms with E-state index in [1.807, 2.05) is 61.5 Å². The van der Waals surface area contributed by atoms with Crippen LogP contribution in [0.15, 0.2) is 87.8 Å². The van der Waals surface area contributed by atoms with Gasteiger partial charge < -0.3 is 18.9 Å². The van der Waals surface area contributed by atoms with E-state index in [1.54, 1.807) is 36.8 Å². The molecule has 0 unspecified atom stereocenters. The van der Waals surface area contributed by atoms with Gasteiger partial charge in [0.1, 0.15) is 6.61 Å². The zero-order valence-electron chi connectivity index (χ0n) is 25.2. The summed E-state index contributed by atoms with van der Waals surface area (Å²) in [6.07, 6.45) is 2.30. The van der Waals surface area contributed by atoms with Crippen molar-refractivity contribution < 1.29 is 28.5 Å². The molecule has 4 aromatic rings. The third-order valence-corrected chi connectivity index (χ3v) is 8.95. The van der Waals surface area contributed by atoms with E-state index in [9.17, 15) is 14.4 Å². The molecule has 2 heterocycles. The van der Waals surface area contributed by atoms with Crippen LogP contribution in [-0.2, 0) is 20.9 Å². The van der Waals surface area contributed by atoms with Gasteiger partial charge >= 0.3 is 11.9 Å². The van der Waals surface area contributed by atoms with Gasteiger partial charge in [-0.2, -0.15) is 0 Å². The lowest BCUT2D eigenvalue weighted by atomic mass is 9.95. The highest BCUT2D eigenvalue weighted by Crippen LogP contribution is 2.35. The summed E-state index contributed by atoms with van der Waals surface area (Å²) in [5.41, 5.74) is 3.58. The minimum absolute atomic E-state index is 0.259. The Bertz CT molecular complexity index is 1950. The van der Waals surface area contributed by atoms with E-state index in [1.165, 1.54) is 18.4 Å². The van der Waals surface area contributed by atoms with Crippen molar-refractivity contribution in [3.05, 3.63) is 124 Å². The molecule has 11 heteroatoms. The lowest BCUT2D eigenvalue weighted by Gasteiger charge is -2.25. The second-order valence-corrected chi connectivity index (χ2v) is 12.1. The molecule has 3 aromatic carbocycles. The summed E-state index contributed by atoms with van der Waals surface area (Å²) in [7, 11) is 2.89. The van der Waals surface area contributed by atoms with Gasteiger partial charge in [0.05, 0.1) is 51.8 Å². The number of esters is 2. The monoisotopic (exact) mass is 738 g/mol. The number of aromatic nitrogens is 1. The van der Waals surface area contributed by atoms with E-state index >= 15 is 0 Å². The van der Waals surface area contributed by atoms with Gasteiger partial charge in [-0.25, -0.2) is 14.6 Å². The molecule has 0 bridgehead atoms. The highest BCUT2D eigenvalue weighted by Gasteiger charge is 2.33. The molecule has 1 atom stereocenters. The third kappa shape index (κ3) is 6.74. The Morgan fingerprint density at radius 1 is 1.02 bits per heavy atom. The number of carbonyl (C=O) groups excluding carboxylic acids is 2. The average Bonchev–Trinajstić information content (AvgIpc) is 3.37. The molecule has 0 amide bonds. The van der Waals surface area contributed by atoms with E-state index in [0.717, 1.165) is 20.3 Å². The third-order valence-electron chi connectivity index (χ3n) is 7.16. The van der Waals surface area contributed by atoms with Crippen LogP contribution in [-0.4, -0.2) is 37.3 Å². The van der Waals surface area contributed by atoms with E-state index in [4.69, 9.17) is 23.9 Å². The molecule has 1 aromatic heterocycles. The zero-order chi connectivity index (χ0) is 32.1. The van der Waals surface area contributed by atoms with Gasteiger partial charge in [-0.1, -0.05) is 60.7 Å². The molecule has 1 aliphatic rings. The van der Waals surface area contributed by atoms with Crippen molar-refractivity contribution >= 4 is 51.9 Å².